The van der Waals surface area contributed by atoms with E-state index in [2.05, 4.69) is 15.3 Å². The van der Waals surface area contributed by atoms with E-state index in [1.54, 1.807) is 6.07 Å². The van der Waals surface area contributed by atoms with E-state index in [9.17, 15) is 4.79 Å². The third-order valence-corrected chi connectivity index (χ3v) is 2.89. The first-order valence-electron chi connectivity index (χ1n) is 4.81. The molecule has 0 radical (unpaired) electrons. The molecule has 1 amide bonds. The lowest BCUT2D eigenvalue weighted by molar-refractivity contribution is 0.102. The molecular weight excluding hydrogens is 296 g/mol. The van der Waals surface area contributed by atoms with Gasteiger partial charge in [-0.3, -0.25) is 9.78 Å². The fraction of sp³-hybridized carbons (Fsp3) is 0. The van der Waals surface area contributed by atoms with E-state index in [1.807, 2.05) is 0 Å². The van der Waals surface area contributed by atoms with Gasteiger partial charge in [0.2, 0.25) is 0 Å². The second-order valence-corrected chi connectivity index (χ2v) is 4.48. The average molecular weight is 303 g/mol. The Hall–Kier alpha value is -1.36. The number of carbonyl (C=O) groups excluding carboxylic acids is 1. The molecule has 4 nitrogen and oxygen atoms in total. The van der Waals surface area contributed by atoms with Gasteiger partial charge in [0, 0.05) is 6.20 Å². The first-order chi connectivity index (χ1) is 8.58. The van der Waals surface area contributed by atoms with Crippen LogP contribution >= 0.6 is 34.8 Å². The minimum Gasteiger partial charge on any atom is -0.318 e. The number of hydrogen-bond donors (Lipinski definition) is 1. The van der Waals surface area contributed by atoms with Crippen molar-refractivity contribution in [1.82, 2.24) is 9.97 Å². The fourth-order valence-electron chi connectivity index (χ4n) is 1.23. The van der Waals surface area contributed by atoms with Crippen molar-refractivity contribution in [3.8, 4) is 0 Å². The maximum absolute atomic E-state index is 11.9. The fourth-order valence-corrected chi connectivity index (χ4v) is 1.72. The Bertz CT molecular complexity index is 604. The van der Waals surface area contributed by atoms with Crippen LogP contribution in [-0.2, 0) is 0 Å². The highest BCUT2D eigenvalue weighted by Crippen LogP contribution is 2.22. The number of aromatic nitrogens is 2. The minimum atomic E-state index is -0.502. The maximum Gasteiger partial charge on any atom is 0.275 e. The van der Waals surface area contributed by atoms with Crippen molar-refractivity contribution >= 4 is 46.4 Å². The molecule has 7 heteroatoms. The van der Waals surface area contributed by atoms with Crippen LogP contribution in [0.4, 0.5) is 5.69 Å². The number of rotatable bonds is 2. The van der Waals surface area contributed by atoms with Crippen LogP contribution < -0.4 is 5.32 Å². The quantitative estimate of drug-likeness (QED) is 0.861. The van der Waals surface area contributed by atoms with Gasteiger partial charge in [0.25, 0.3) is 5.91 Å². The number of amides is 1. The van der Waals surface area contributed by atoms with Gasteiger partial charge in [0.15, 0.2) is 0 Å². The zero-order valence-electron chi connectivity index (χ0n) is 8.82. The van der Waals surface area contributed by atoms with E-state index in [0.717, 1.165) is 0 Å². The van der Waals surface area contributed by atoms with Crippen molar-refractivity contribution in [3.63, 3.8) is 0 Å². The molecule has 0 fully saturated rings. The van der Waals surface area contributed by atoms with Crippen molar-refractivity contribution in [2.24, 2.45) is 0 Å². The molecular formula is C11H6Cl3N3O. The van der Waals surface area contributed by atoms with Crippen molar-refractivity contribution in [3.05, 3.63) is 51.5 Å². The van der Waals surface area contributed by atoms with Crippen molar-refractivity contribution in [2.75, 3.05) is 5.32 Å². The molecule has 0 saturated carbocycles. The first-order valence-corrected chi connectivity index (χ1v) is 5.94. The summed E-state index contributed by atoms with van der Waals surface area (Å²) in [5.41, 5.74) is 0.408. The average Bonchev–Trinajstić information content (AvgIpc) is 2.35. The zero-order chi connectivity index (χ0) is 13.1. The Kier molecular flexibility index (Phi) is 4.01. The van der Waals surface area contributed by atoms with Crippen molar-refractivity contribution in [1.29, 1.82) is 0 Å². The van der Waals surface area contributed by atoms with Gasteiger partial charge < -0.3 is 5.32 Å². The van der Waals surface area contributed by atoms with E-state index in [-0.39, 0.29) is 15.9 Å². The molecule has 0 saturated heterocycles. The second-order valence-electron chi connectivity index (χ2n) is 3.27. The van der Waals surface area contributed by atoms with E-state index < -0.39 is 5.91 Å². The molecule has 0 spiro atoms. The van der Waals surface area contributed by atoms with Crippen LogP contribution in [0, 0.1) is 0 Å². The summed E-state index contributed by atoms with van der Waals surface area (Å²) in [5.74, 6) is -0.502. The molecule has 0 atom stereocenters. The number of carbonyl (C=O) groups is 1. The highest BCUT2D eigenvalue weighted by atomic mass is 35.5. The Morgan fingerprint density at radius 2 is 1.89 bits per heavy atom. The van der Waals surface area contributed by atoms with Gasteiger partial charge in [-0.25, -0.2) is 4.98 Å². The summed E-state index contributed by atoms with van der Waals surface area (Å²) in [7, 11) is 0. The highest BCUT2D eigenvalue weighted by Gasteiger charge is 2.14. The summed E-state index contributed by atoms with van der Waals surface area (Å²) in [6.45, 7) is 0. The minimum absolute atomic E-state index is 0.0316. The lowest BCUT2D eigenvalue weighted by atomic mass is 10.3. The third-order valence-electron chi connectivity index (χ3n) is 2.04. The highest BCUT2D eigenvalue weighted by molar-refractivity contribution is 6.36. The molecule has 0 aliphatic rings. The molecule has 0 aliphatic carbocycles. The topological polar surface area (TPSA) is 54.9 Å². The van der Waals surface area contributed by atoms with Crippen molar-refractivity contribution < 1.29 is 4.79 Å². The molecule has 0 aromatic carbocycles. The lowest BCUT2D eigenvalue weighted by Crippen LogP contribution is -2.14. The molecule has 18 heavy (non-hydrogen) atoms. The smallest absolute Gasteiger partial charge is 0.275 e. The molecule has 0 unspecified atom stereocenters. The molecule has 0 bridgehead atoms. The van der Waals surface area contributed by atoms with Crippen LogP contribution in [0.3, 0.4) is 0 Å². The van der Waals surface area contributed by atoms with Crippen LogP contribution in [0.2, 0.25) is 15.2 Å². The molecule has 2 rings (SSSR count). The Labute approximate surface area is 118 Å². The van der Waals surface area contributed by atoms with Crippen LogP contribution in [0.5, 0.6) is 0 Å². The molecule has 1 N–H and O–H groups in total. The summed E-state index contributed by atoms with van der Waals surface area (Å²) in [6.07, 6.45) is 2.95. The molecule has 2 aromatic rings. The SMILES string of the molecule is O=C(Nc1cnccc1Cl)c1nc(Cl)ccc1Cl. The number of anilines is 1. The third kappa shape index (κ3) is 2.90. The van der Waals surface area contributed by atoms with Gasteiger partial charge in [0.1, 0.15) is 10.8 Å². The number of hydrogen-bond acceptors (Lipinski definition) is 3. The first kappa shape index (κ1) is 13.1. The largest absolute Gasteiger partial charge is 0.318 e. The van der Waals surface area contributed by atoms with Gasteiger partial charge >= 0.3 is 0 Å². The van der Waals surface area contributed by atoms with Gasteiger partial charge in [-0.2, -0.15) is 0 Å². The Morgan fingerprint density at radius 3 is 2.61 bits per heavy atom. The number of nitrogens with zero attached hydrogens (tertiary/aromatic N) is 2. The van der Waals surface area contributed by atoms with Crippen LogP contribution in [-0.4, -0.2) is 15.9 Å². The van der Waals surface area contributed by atoms with Gasteiger partial charge in [-0.05, 0) is 18.2 Å². The standard InChI is InChI=1S/C11H6Cl3N3O/c12-6-3-4-15-5-8(6)16-11(18)10-7(13)1-2-9(14)17-10/h1-5H,(H,16,18). The van der Waals surface area contributed by atoms with E-state index in [4.69, 9.17) is 34.8 Å². The monoisotopic (exact) mass is 301 g/mol. The van der Waals surface area contributed by atoms with Gasteiger partial charge in [-0.15, -0.1) is 0 Å². The summed E-state index contributed by atoms with van der Waals surface area (Å²) >= 11 is 17.5. The number of pyridine rings is 2. The van der Waals surface area contributed by atoms with E-state index in [0.29, 0.717) is 10.7 Å². The van der Waals surface area contributed by atoms with Gasteiger partial charge in [-0.1, -0.05) is 34.8 Å². The summed E-state index contributed by atoms with van der Waals surface area (Å²) in [4.78, 5) is 19.6. The van der Waals surface area contributed by atoms with E-state index >= 15 is 0 Å². The number of halogens is 3. The second kappa shape index (κ2) is 5.52. The molecule has 2 aromatic heterocycles. The van der Waals surface area contributed by atoms with Crippen LogP contribution in [0.15, 0.2) is 30.6 Å². The van der Waals surface area contributed by atoms with Crippen LogP contribution in [0.25, 0.3) is 0 Å². The summed E-state index contributed by atoms with van der Waals surface area (Å²) in [6, 6.07) is 4.55. The van der Waals surface area contributed by atoms with Crippen LogP contribution in [0.1, 0.15) is 10.5 Å². The normalized spacial score (nSPS) is 10.2. The maximum atomic E-state index is 11.9. The molecule has 2 heterocycles. The van der Waals surface area contributed by atoms with E-state index in [1.165, 1.54) is 24.5 Å². The Morgan fingerprint density at radius 1 is 1.11 bits per heavy atom. The zero-order valence-corrected chi connectivity index (χ0v) is 11.1. The molecule has 0 aliphatic heterocycles. The predicted octanol–water partition coefficient (Wildman–Crippen LogP) is 3.69. The number of nitrogens with one attached hydrogen (secondary N) is 1. The summed E-state index contributed by atoms with van der Waals surface area (Å²) in [5, 5.41) is 3.32. The van der Waals surface area contributed by atoms with Gasteiger partial charge in [0.05, 0.1) is 21.9 Å². The predicted molar refractivity (Wildman–Crippen MR) is 71.5 cm³/mol. The van der Waals surface area contributed by atoms with Crippen molar-refractivity contribution in [2.45, 2.75) is 0 Å². The Balaban J connectivity index is 2.28. The summed E-state index contributed by atoms with van der Waals surface area (Å²) < 4.78 is 0. The molecule has 92 valence electrons. The lowest BCUT2D eigenvalue weighted by Gasteiger charge is -2.07.